The van der Waals surface area contributed by atoms with Crippen molar-refractivity contribution in [3.05, 3.63) is 48.3 Å². The van der Waals surface area contributed by atoms with Gasteiger partial charge in [-0.2, -0.15) is 0 Å². The molecule has 0 spiro atoms. The molecule has 24 heavy (non-hydrogen) atoms. The lowest BCUT2D eigenvalue weighted by molar-refractivity contribution is 0.0563. The lowest BCUT2D eigenvalue weighted by atomic mass is 10.1. The summed E-state index contributed by atoms with van der Waals surface area (Å²) < 4.78 is 9.97. The largest absolute Gasteiger partial charge is 0.443 e. The topological polar surface area (TPSA) is 85.5 Å². The number of hydrogen-bond donors (Lipinski definition) is 0. The van der Waals surface area contributed by atoms with Gasteiger partial charge in [0, 0.05) is 0 Å². The zero-order chi connectivity index (χ0) is 17.9. The van der Waals surface area contributed by atoms with Gasteiger partial charge in [0.15, 0.2) is 0 Å². The van der Waals surface area contributed by atoms with E-state index in [1.54, 1.807) is 58.0 Å². The molecule has 7 nitrogen and oxygen atoms in total. The molecular formula is C17H19N3O4. The molecule has 2 amide bonds. The van der Waals surface area contributed by atoms with Crippen LogP contribution >= 0.6 is 0 Å². The van der Waals surface area contributed by atoms with Gasteiger partial charge in [-0.15, -0.1) is 0 Å². The van der Waals surface area contributed by atoms with E-state index in [9.17, 15) is 9.59 Å². The van der Waals surface area contributed by atoms with E-state index in [0.717, 1.165) is 4.90 Å². The highest BCUT2D eigenvalue weighted by molar-refractivity contribution is 6.19. The van der Waals surface area contributed by atoms with Gasteiger partial charge in [0.2, 0.25) is 5.69 Å². The molecular weight excluding hydrogens is 310 g/mol. The quantitative estimate of drug-likeness (QED) is 0.854. The van der Waals surface area contributed by atoms with Crippen molar-refractivity contribution in [1.82, 2.24) is 10.3 Å². The number of benzene rings is 1. The first-order chi connectivity index (χ1) is 11.2. The second-order valence-corrected chi connectivity index (χ2v) is 6.20. The van der Waals surface area contributed by atoms with Crippen LogP contribution in [0.1, 0.15) is 43.9 Å². The number of nitrogens with zero attached hydrogens (tertiary/aromatic N) is 3. The molecule has 1 aromatic heterocycles. The van der Waals surface area contributed by atoms with E-state index >= 15 is 0 Å². The molecule has 0 radical (unpaired) electrons. The van der Waals surface area contributed by atoms with Gasteiger partial charge in [-0.25, -0.2) is 14.3 Å². The van der Waals surface area contributed by atoms with Crippen LogP contribution in [0.3, 0.4) is 0 Å². The Morgan fingerprint density at radius 2 is 1.71 bits per heavy atom. The zero-order valence-electron chi connectivity index (χ0n) is 14.1. The summed E-state index contributed by atoms with van der Waals surface area (Å²) in [6, 6.07) is 8.44. The molecule has 0 atom stereocenters. The maximum atomic E-state index is 12.9. The molecule has 2 aromatic rings. The summed E-state index contributed by atoms with van der Waals surface area (Å²) >= 11 is 0. The van der Waals surface area contributed by atoms with Gasteiger partial charge in [0.1, 0.15) is 11.3 Å². The molecule has 0 fully saturated rings. The SMILES string of the molecule is C=C(C)c1nonc1C(=O)N(C(=O)OC(C)(C)C)c1ccccc1. The Morgan fingerprint density at radius 3 is 2.25 bits per heavy atom. The zero-order valence-corrected chi connectivity index (χ0v) is 14.1. The van der Waals surface area contributed by atoms with E-state index in [0.29, 0.717) is 11.3 Å². The minimum atomic E-state index is -0.811. The van der Waals surface area contributed by atoms with Crippen molar-refractivity contribution in [2.45, 2.75) is 33.3 Å². The predicted molar refractivity (Wildman–Crippen MR) is 88.5 cm³/mol. The van der Waals surface area contributed by atoms with Crippen molar-refractivity contribution in [2.75, 3.05) is 4.90 Å². The molecule has 1 aromatic carbocycles. The third-order valence-corrected chi connectivity index (χ3v) is 2.89. The Morgan fingerprint density at radius 1 is 1.12 bits per heavy atom. The number of rotatable bonds is 3. The first kappa shape index (κ1) is 17.4. The minimum absolute atomic E-state index is 0.0998. The molecule has 126 valence electrons. The van der Waals surface area contributed by atoms with Gasteiger partial charge in [-0.1, -0.05) is 24.8 Å². The predicted octanol–water partition coefficient (Wildman–Crippen LogP) is 3.68. The van der Waals surface area contributed by atoms with Gasteiger partial charge >= 0.3 is 6.09 Å². The number of aromatic nitrogens is 2. The summed E-state index contributed by atoms with van der Waals surface area (Å²) in [6.45, 7) is 10.5. The van der Waals surface area contributed by atoms with Crippen molar-refractivity contribution in [1.29, 1.82) is 0 Å². The third kappa shape index (κ3) is 3.87. The summed E-state index contributed by atoms with van der Waals surface area (Å²) in [7, 11) is 0. The lowest BCUT2D eigenvalue weighted by Crippen LogP contribution is -2.41. The Hall–Kier alpha value is -2.96. The third-order valence-electron chi connectivity index (χ3n) is 2.89. The standard InChI is InChI=1S/C17H19N3O4/c1-11(2)13-14(19-24-18-13)15(21)20(12-9-7-6-8-10-12)16(22)23-17(3,4)5/h6-10H,1H2,2-5H3. The van der Waals surface area contributed by atoms with Crippen LogP contribution in [0.5, 0.6) is 0 Å². The highest BCUT2D eigenvalue weighted by Gasteiger charge is 2.33. The lowest BCUT2D eigenvalue weighted by Gasteiger charge is -2.25. The molecule has 0 N–H and O–H groups in total. The van der Waals surface area contributed by atoms with E-state index in [4.69, 9.17) is 4.74 Å². The van der Waals surface area contributed by atoms with Gasteiger partial charge < -0.3 is 4.74 Å². The molecule has 0 unspecified atom stereocenters. The molecule has 2 rings (SSSR count). The maximum Gasteiger partial charge on any atom is 0.422 e. The number of para-hydroxylation sites is 1. The number of allylic oxidation sites excluding steroid dienone is 1. The fourth-order valence-corrected chi connectivity index (χ4v) is 1.91. The maximum absolute atomic E-state index is 12.9. The van der Waals surface area contributed by atoms with Crippen molar-refractivity contribution >= 4 is 23.3 Å². The molecule has 0 saturated heterocycles. The summed E-state index contributed by atoms with van der Waals surface area (Å²) in [5.74, 6) is -0.699. The fraction of sp³-hybridized carbons (Fsp3) is 0.294. The highest BCUT2D eigenvalue weighted by atomic mass is 16.6. The summed E-state index contributed by atoms with van der Waals surface area (Å²) in [4.78, 5) is 26.3. The molecule has 0 aliphatic carbocycles. The van der Waals surface area contributed by atoms with E-state index in [1.807, 2.05) is 0 Å². The smallest absolute Gasteiger partial charge is 0.422 e. The average Bonchev–Trinajstić information content (AvgIpc) is 2.96. The Bertz CT molecular complexity index is 760. The van der Waals surface area contributed by atoms with Crippen LogP contribution in [0.15, 0.2) is 41.5 Å². The van der Waals surface area contributed by atoms with Crippen molar-refractivity contribution in [3.63, 3.8) is 0 Å². The molecule has 7 heteroatoms. The van der Waals surface area contributed by atoms with E-state index in [1.165, 1.54) is 0 Å². The van der Waals surface area contributed by atoms with Crippen molar-refractivity contribution in [3.8, 4) is 0 Å². The summed E-state index contributed by atoms with van der Waals surface area (Å²) in [5, 5.41) is 7.28. The van der Waals surface area contributed by atoms with Crippen molar-refractivity contribution in [2.24, 2.45) is 0 Å². The van der Waals surface area contributed by atoms with Crippen LogP contribution in [0.25, 0.3) is 5.57 Å². The Balaban J connectivity index is 2.46. The van der Waals surface area contributed by atoms with Gasteiger partial charge in [-0.3, -0.25) is 4.79 Å². The Kier molecular flexibility index (Phi) is 4.82. The second kappa shape index (κ2) is 6.66. The van der Waals surface area contributed by atoms with Gasteiger partial charge in [-0.05, 0) is 55.7 Å². The number of amides is 2. The first-order valence-electron chi connectivity index (χ1n) is 7.31. The van der Waals surface area contributed by atoms with Crippen LogP contribution < -0.4 is 4.90 Å². The van der Waals surface area contributed by atoms with Crippen LogP contribution in [-0.2, 0) is 4.74 Å². The monoisotopic (exact) mass is 329 g/mol. The first-order valence-corrected chi connectivity index (χ1v) is 7.31. The average molecular weight is 329 g/mol. The number of carbonyl (C=O) groups is 2. The second-order valence-electron chi connectivity index (χ2n) is 6.20. The number of hydrogen-bond acceptors (Lipinski definition) is 6. The van der Waals surface area contributed by atoms with E-state index in [-0.39, 0.29) is 11.4 Å². The number of carbonyl (C=O) groups excluding carboxylic acids is 2. The van der Waals surface area contributed by atoms with Gasteiger partial charge in [0.25, 0.3) is 5.91 Å². The molecule has 0 aliphatic heterocycles. The molecule has 0 saturated carbocycles. The Labute approximate surface area is 139 Å². The van der Waals surface area contributed by atoms with Crippen LogP contribution in [0, 0.1) is 0 Å². The van der Waals surface area contributed by atoms with Crippen molar-refractivity contribution < 1.29 is 19.0 Å². The van der Waals surface area contributed by atoms with E-state index < -0.39 is 17.6 Å². The van der Waals surface area contributed by atoms with Crippen LogP contribution in [-0.4, -0.2) is 27.9 Å². The fourth-order valence-electron chi connectivity index (χ4n) is 1.91. The van der Waals surface area contributed by atoms with Crippen LogP contribution in [0.2, 0.25) is 0 Å². The number of imide groups is 1. The number of anilines is 1. The summed E-state index contributed by atoms with van der Waals surface area (Å²) in [5.41, 5.74) is 0.190. The molecule has 0 aliphatic rings. The number of ether oxygens (including phenoxy) is 1. The normalized spacial score (nSPS) is 11.0. The van der Waals surface area contributed by atoms with Crippen LogP contribution in [0.4, 0.5) is 10.5 Å². The van der Waals surface area contributed by atoms with Gasteiger partial charge in [0.05, 0.1) is 5.69 Å². The molecule has 0 bridgehead atoms. The summed E-state index contributed by atoms with van der Waals surface area (Å²) in [6.07, 6.45) is -0.811. The molecule has 1 heterocycles. The van der Waals surface area contributed by atoms with E-state index in [2.05, 4.69) is 21.5 Å². The highest BCUT2D eigenvalue weighted by Crippen LogP contribution is 2.22. The minimum Gasteiger partial charge on any atom is -0.443 e.